The Hall–Kier alpha value is -1.65. The molecule has 0 saturated carbocycles. The number of benzene rings is 2. The third kappa shape index (κ3) is 5.66. The smallest absolute Gasteiger partial charge is 0.233 e. The number of rotatable bonds is 7. The molecule has 0 spiro atoms. The number of thioether (sulfide) groups is 1. The van der Waals surface area contributed by atoms with Crippen LogP contribution in [0.15, 0.2) is 41.3 Å². The summed E-state index contributed by atoms with van der Waals surface area (Å²) in [5, 5.41) is 3.64. The van der Waals surface area contributed by atoms with Gasteiger partial charge in [0.1, 0.15) is 5.75 Å². The molecule has 2 atom stereocenters. The van der Waals surface area contributed by atoms with Crippen molar-refractivity contribution >= 4 is 29.3 Å². The molecule has 0 aromatic heterocycles. The molecule has 3 nitrogen and oxygen atoms in total. The monoisotopic (exact) mass is 405 g/mol. The molecule has 0 fully saturated rings. The van der Waals surface area contributed by atoms with Gasteiger partial charge in [-0.3, -0.25) is 4.79 Å². The van der Waals surface area contributed by atoms with Gasteiger partial charge in [-0.25, -0.2) is 0 Å². The fraction of sp³-hybridized carbons (Fsp3) is 0.409. The van der Waals surface area contributed by atoms with E-state index in [1.54, 1.807) is 7.11 Å². The fourth-order valence-corrected chi connectivity index (χ4v) is 3.99. The minimum absolute atomic E-state index is 0.0174. The van der Waals surface area contributed by atoms with E-state index in [1.807, 2.05) is 38.1 Å². The molecule has 0 bridgehead atoms. The van der Waals surface area contributed by atoms with Gasteiger partial charge in [-0.2, -0.15) is 0 Å². The predicted molar refractivity (Wildman–Crippen MR) is 115 cm³/mol. The number of halogens is 1. The lowest BCUT2D eigenvalue weighted by Gasteiger charge is -2.22. The average molecular weight is 406 g/mol. The Morgan fingerprint density at radius 1 is 1.07 bits per heavy atom. The van der Waals surface area contributed by atoms with Crippen LogP contribution in [-0.4, -0.2) is 18.3 Å². The van der Waals surface area contributed by atoms with Crippen molar-refractivity contribution in [3.8, 4) is 5.75 Å². The minimum Gasteiger partial charge on any atom is -0.496 e. The van der Waals surface area contributed by atoms with E-state index >= 15 is 0 Å². The summed E-state index contributed by atoms with van der Waals surface area (Å²) in [6, 6.07) is 11.7. The van der Waals surface area contributed by atoms with E-state index in [0.717, 1.165) is 27.3 Å². The number of amides is 1. The second-order valence-electron chi connectivity index (χ2n) is 7.05. The summed E-state index contributed by atoms with van der Waals surface area (Å²) in [5.74, 6) is 1.27. The number of nitrogens with one attached hydrogen (secondary N) is 1. The number of hydrogen-bond acceptors (Lipinski definition) is 3. The first-order valence-electron chi connectivity index (χ1n) is 9.14. The maximum Gasteiger partial charge on any atom is 0.233 e. The number of ether oxygens (including phenoxy) is 1. The molecular formula is C22H28ClNO2S. The molecule has 2 aromatic rings. The molecular weight excluding hydrogens is 378 g/mol. The molecule has 2 aromatic carbocycles. The molecule has 27 heavy (non-hydrogen) atoms. The lowest BCUT2D eigenvalue weighted by molar-refractivity contribution is -0.120. The largest absolute Gasteiger partial charge is 0.496 e. The maximum absolute atomic E-state index is 12.7. The number of hydrogen-bond donors (Lipinski definition) is 1. The summed E-state index contributed by atoms with van der Waals surface area (Å²) < 4.78 is 5.52. The second-order valence-corrected chi connectivity index (χ2v) is 8.90. The van der Waals surface area contributed by atoms with E-state index in [4.69, 9.17) is 16.3 Å². The van der Waals surface area contributed by atoms with Gasteiger partial charge in [0.2, 0.25) is 5.91 Å². The number of carbonyl (C=O) groups excluding carboxylic acids is 1. The maximum atomic E-state index is 12.7. The highest BCUT2D eigenvalue weighted by molar-refractivity contribution is 8.00. The first kappa shape index (κ1) is 21.6. The van der Waals surface area contributed by atoms with Crippen LogP contribution >= 0.6 is 23.4 Å². The van der Waals surface area contributed by atoms with Gasteiger partial charge in [-0.1, -0.05) is 25.4 Å². The van der Waals surface area contributed by atoms with Crippen molar-refractivity contribution in [3.05, 3.63) is 58.1 Å². The summed E-state index contributed by atoms with van der Waals surface area (Å²) in [6.45, 7) is 10.3. The SMILES string of the molecule is COc1cc(C)c(C(C)NC(=O)C(C)Sc2ccc(Cl)cc2)cc1C(C)C. The summed E-state index contributed by atoms with van der Waals surface area (Å²) in [7, 11) is 1.70. The normalized spacial score (nSPS) is 13.3. The van der Waals surface area contributed by atoms with Crippen molar-refractivity contribution in [2.75, 3.05) is 7.11 Å². The Labute approximate surface area is 171 Å². The van der Waals surface area contributed by atoms with Gasteiger partial charge in [0.05, 0.1) is 18.4 Å². The second kappa shape index (κ2) is 9.52. The average Bonchev–Trinajstić information content (AvgIpc) is 2.62. The molecule has 146 valence electrons. The Morgan fingerprint density at radius 3 is 2.26 bits per heavy atom. The summed E-state index contributed by atoms with van der Waals surface area (Å²) >= 11 is 7.45. The third-order valence-electron chi connectivity index (χ3n) is 4.56. The van der Waals surface area contributed by atoms with Gasteiger partial charge in [0, 0.05) is 9.92 Å². The zero-order valence-electron chi connectivity index (χ0n) is 16.8. The van der Waals surface area contributed by atoms with Crippen LogP contribution in [0, 0.1) is 6.92 Å². The van der Waals surface area contributed by atoms with Crippen LogP contribution < -0.4 is 10.1 Å². The zero-order chi connectivity index (χ0) is 20.1. The van der Waals surface area contributed by atoms with E-state index in [-0.39, 0.29) is 17.2 Å². The Balaban J connectivity index is 2.11. The summed E-state index contributed by atoms with van der Waals surface area (Å²) in [6.07, 6.45) is 0. The Morgan fingerprint density at radius 2 is 1.70 bits per heavy atom. The van der Waals surface area contributed by atoms with E-state index in [0.29, 0.717) is 10.9 Å². The third-order valence-corrected chi connectivity index (χ3v) is 5.93. The molecule has 2 unspecified atom stereocenters. The highest BCUT2D eigenvalue weighted by atomic mass is 35.5. The predicted octanol–water partition coefficient (Wildman–Crippen LogP) is 6.14. The molecule has 0 aliphatic rings. The van der Waals surface area contributed by atoms with Crippen molar-refractivity contribution in [2.45, 2.75) is 56.7 Å². The van der Waals surface area contributed by atoms with Crippen LogP contribution in [-0.2, 0) is 4.79 Å². The lowest BCUT2D eigenvalue weighted by atomic mass is 9.93. The Bertz CT molecular complexity index is 790. The van der Waals surface area contributed by atoms with Gasteiger partial charge in [0.15, 0.2) is 0 Å². The number of carbonyl (C=O) groups is 1. The highest BCUT2D eigenvalue weighted by Gasteiger charge is 2.20. The van der Waals surface area contributed by atoms with Crippen LogP contribution in [0.4, 0.5) is 0 Å². The van der Waals surface area contributed by atoms with Crippen LogP contribution in [0.25, 0.3) is 0 Å². The molecule has 2 rings (SSSR count). The van der Waals surface area contributed by atoms with Gasteiger partial charge in [0.25, 0.3) is 0 Å². The highest BCUT2D eigenvalue weighted by Crippen LogP contribution is 2.32. The van der Waals surface area contributed by atoms with Crippen LogP contribution in [0.5, 0.6) is 5.75 Å². The molecule has 0 radical (unpaired) electrons. The molecule has 0 saturated heterocycles. The van der Waals surface area contributed by atoms with E-state index < -0.39 is 0 Å². The number of aryl methyl sites for hydroxylation is 1. The zero-order valence-corrected chi connectivity index (χ0v) is 18.4. The molecule has 1 amide bonds. The quantitative estimate of drug-likeness (QED) is 0.562. The van der Waals surface area contributed by atoms with Crippen LogP contribution in [0.3, 0.4) is 0 Å². The Kier molecular flexibility index (Phi) is 7.63. The van der Waals surface area contributed by atoms with Crippen molar-refractivity contribution < 1.29 is 9.53 Å². The summed E-state index contributed by atoms with van der Waals surface area (Å²) in [5.41, 5.74) is 3.39. The van der Waals surface area contributed by atoms with Gasteiger partial charge < -0.3 is 10.1 Å². The van der Waals surface area contributed by atoms with Gasteiger partial charge in [-0.15, -0.1) is 11.8 Å². The van der Waals surface area contributed by atoms with Crippen LogP contribution in [0.1, 0.15) is 56.3 Å². The van der Waals surface area contributed by atoms with Gasteiger partial charge in [-0.05, 0) is 79.8 Å². The molecule has 0 heterocycles. The number of methoxy groups -OCH3 is 1. The van der Waals surface area contributed by atoms with Gasteiger partial charge >= 0.3 is 0 Å². The molecule has 0 aliphatic heterocycles. The minimum atomic E-state index is -0.197. The molecule has 5 heteroatoms. The van der Waals surface area contributed by atoms with Crippen molar-refractivity contribution in [3.63, 3.8) is 0 Å². The van der Waals surface area contributed by atoms with E-state index in [9.17, 15) is 4.79 Å². The van der Waals surface area contributed by atoms with Crippen LogP contribution in [0.2, 0.25) is 5.02 Å². The van der Waals surface area contributed by atoms with Crippen molar-refractivity contribution in [1.82, 2.24) is 5.32 Å². The molecule has 1 N–H and O–H groups in total. The standard InChI is InChI=1S/C22H28ClNO2S/c1-13(2)19-12-20(14(3)11-21(19)26-6)15(4)24-22(25)16(5)27-18-9-7-17(23)8-10-18/h7-13,15-16H,1-6H3,(H,24,25). The fourth-order valence-electron chi connectivity index (χ4n) is 2.99. The lowest BCUT2D eigenvalue weighted by Crippen LogP contribution is -2.33. The topological polar surface area (TPSA) is 38.3 Å². The van der Waals surface area contributed by atoms with Crippen molar-refractivity contribution in [1.29, 1.82) is 0 Å². The first-order chi connectivity index (χ1) is 12.7. The van der Waals surface area contributed by atoms with Crippen molar-refractivity contribution in [2.24, 2.45) is 0 Å². The summed E-state index contributed by atoms with van der Waals surface area (Å²) in [4.78, 5) is 13.7. The van der Waals surface area contributed by atoms with E-state index in [1.165, 1.54) is 11.8 Å². The molecule has 0 aliphatic carbocycles. The van der Waals surface area contributed by atoms with E-state index in [2.05, 4.69) is 38.2 Å². The first-order valence-corrected chi connectivity index (χ1v) is 10.4.